The Labute approximate surface area is 119 Å². The molecule has 0 bridgehead atoms. The summed E-state index contributed by atoms with van der Waals surface area (Å²) in [7, 11) is -4.32. The van der Waals surface area contributed by atoms with Crippen LogP contribution in [0.1, 0.15) is 0 Å². The summed E-state index contributed by atoms with van der Waals surface area (Å²) >= 11 is 0. The van der Waals surface area contributed by atoms with Crippen molar-refractivity contribution in [2.24, 2.45) is 5.73 Å². The molecule has 0 rings (SSSR count). The van der Waals surface area contributed by atoms with Gasteiger partial charge in [-0.15, -0.1) is 0 Å². The van der Waals surface area contributed by atoms with Crippen LogP contribution in [0.15, 0.2) is 6.58 Å². The first-order valence-electron chi connectivity index (χ1n) is 2.83. The summed E-state index contributed by atoms with van der Waals surface area (Å²) in [6.45, 7) is 2.47. The van der Waals surface area contributed by atoms with Crippen LogP contribution in [0.5, 0.6) is 0 Å². The van der Waals surface area contributed by atoms with Crippen LogP contribution in [-0.2, 0) is 14.9 Å². The Hall–Kier alpha value is 0.916. The van der Waals surface area contributed by atoms with Crippen molar-refractivity contribution in [1.82, 2.24) is 0 Å². The van der Waals surface area contributed by atoms with E-state index in [1.165, 1.54) is 5.94 Å². The predicted octanol–water partition coefficient (Wildman–Crippen LogP) is -5.14. The molecule has 0 saturated heterocycles. The summed E-state index contributed by atoms with van der Waals surface area (Å²) in [4.78, 5) is 8.57. The fourth-order valence-corrected chi connectivity index (χ4v) is 0.911. The van der Waals surface area contributed by atoms with Crippen molar-refractivity contribution in [1.29, 1.82) is 0 Å². The second-order valence-corrected chi connectivity index (χ2v) is 3.21. The minimum Gasteiger partial charge on any atom is -0.748 e. The average molecular weight is 235 g/mol. The molecule has 0 aromatic rings. The summed E-state index contributed by atoms with van der Waals surface area (Å²) in [6, 6.07) is 0. The van der Waals surface area contributed by atoms with Crippen LogP contribution in [0.3, 0.4) is 0 Å². The molecule has 13 heavy (non-hydrogen) atoms. The molecule has 0 aliphatic carbocycles. The molecule has 3 N–H and O–H groups in total. The largest absolute Gasteiger partial charge is 1.00 e. The minimum atomic E-state index is -4.32. The number of nitrogens with two attached hydrogens (primary N) is 1. The molecule has 0 aromatic carbocycles. The third-order valence-corrected chi connectivity index (χ3v) is 1.46. The first kappa shape index (κ1) is 19.5. The van der Waals surface area contributed by atoms with E-state index in [4.69, 9.17) is 15.6 Å². The smallest absolute Gasteiger partial charge is 0.748 e. The molecule has 0 saturated carbocycles. The van der Waals surface area contributed by atoms with Gasteiger partial charge in [-0.05, 0) is 6.58 Å². The maximum atomic E-state index is 9.83. The van der Waals surface area contributed by atoms with Crippen molar-refractivity contribution in [3.8, 4) is 0 Å². The second kappa shape index (κ2) is 11.0. The summed E-state index contributed by atoms with van der Waals surface area (Å²) in [5, 5.41) is 8.49. The zero-order valence-corrected chi connectivity index (χ0v) is 11.2. The van der Waals surface area contributed by atoms with E-state index < -0.39 is 22.0 Å². The molecule has 1 atom stereocenters. The average Bonchev–Trinajstić information content (AvgIpc) is 1.86. The Balaban J connectivity index is -0.000000220. The Kier molecular flexibility index (Phi) is 16.5. The van der Waals surface area contributed by atoms with E-state index in [0.717, 1.165) is 0 Å². The Morgan fingerprint density at radius 1 is 1.62 bits per heavy atom. The molecule has 0 aliphatic rings. The molecule has 8 heteroatoms. The Bertz CT molecular complexity index is 233. The summed E-state index contributed by atoms with van der Waals surface area (Å²) < 4.78 is 29.5. The van der Waals surface area contributed by atoms with E-state index in [1.54, 1.807) is 0 Å². The number of rotatable bonds is 3. The van der Waals surface area contributed by atoms with Gasteiger partial charge in [0.15, 0.2) is 0 Å². The van der Waals surface area contributed by atoms with Crippen LogP contribution >= 0.6 is 0 Å². The van der Waals surface area contributed by atoms with Crippen LogP contribution < -0.4 is 57.1 Å². The Morgan fingerprint density at radius 3 is 2.00 bits per heavy atom. The first-order valence-corrected chi connectivity index (χ1v) is 4.41. The van der Waals surface area contributed by atoms with Crippen LogP contribution in [-0.4, -0.2) is 42.4 Å². The van der Waals surface area contributed by atoms with Gasteiger partial charge >= 0.3 is 51.4 Å². The molecule has 6 nitrogen and oxygen atoms in total. The van der Waals surface area contributed by atoms with E-state index in [0.29, 0.717) is 0 Å². The quantitative estimate of drug-likeness (QED) is 0.287. The standard InChI is InChI=1S/C3H9NO4S.C2H2O.K/c4-1-3(5)2-9(6,7)8;1-2-3;/h3,5H,1-2,4H2,(H,6,7,8);1H2;/q;;+1/p-1. The molecule has 0 fully saturated rings. The van der Waals surface area contributed by atoms with E-state index in [-0.39, 0.29) is 57.9 Å². The third kappa shape index (κ3) is 24.6. The molecule has 1 unspecified atom stereocenters. The van der Waals surface area contributed by atoms with Gasteiger partial charge in [-0.2, -0.15) is 0 Å². The second-order valence-electron chi connectivity index (χ2n) is 1.76. The van der Waals surface area contributed by atoms with Gasteiger partial charge in [-0.1, -0.05) is 0 Å². The van der Waals surface area contributed by atoms with E-state index in [1.807, 2.05) is 0 Å². The van der Waals surface area contributed by atoms with Gasteiger partial charge in [-0.25, -0.2) is 13.2 Å². The van der Waals surface area contributed by atoms with E-state index in [9.17, 15) is 13.0 Å². The van der Waals surface area contributed by atoms with Crippen molar-refractivity contribution in [3.63, 3.8) is 0 Å². The third-order valence-electron chi connectivity index (χ3n) is 0.669. The molecule has 0 spiro atoms. The van der Waals surface area contributed by atoms with Crippen molar-refractivity contribution in [2.45, 2.75) is 6.10 Å². The summed E-state index contributed by atoms with van der Waals surface area (Å²) in [6.07, 6.45) is -1.23. The summed E-state index contributed by atoms with van der Waals surface area (Å²) in [5.41, 5.74) is 4.83. The van der Waals surface area contributed by atoms with E-state index in [2.05, 4.69) is 6.58 Å². The number of aliphatic hydroxyl groups is 1. The molecule has 0 aromatic heterocycles. The minimum absolute atomic E-state index is 0. The van der Waals surface area contributed by atoms with Crippen molar-refractivity contribution in [2.75, 3.05) is 12.3 Å². The van der Waals surface area contributed by atoms with Gasteiger partial charge in [-0.3, -0.25) is 0 Å². The predicted molar refractivity (Wildman–Crippen MR) is 40.9 cm³/mol. The van der Waals surface area contributed by atoms with Gasteiger partial charge < -0.3 is 15.4 Å². The fraction of sp³-hybridized carbons (Fsp3) is 0.600. The summed E-state index contributed by atoms with van der Waals surface area (Å²) in [5.74, 6) is 0.448. The monoisotopic (exact) mass is 235 g/mol. The first-order chi connectivity index (χ1) is 5.37. The van der Waals surface area contributed by atoms with Crippen LogP contribution in [0.25, 0.3) is 0 Å². The molecular weight excluding hydrogens is 225 g/mol. The molecular formula is C5H10KNO5S. The number of aliphatic hydroxyl groups excluding tert-OH is 1. The Morgan fingerprint density at radius 2 is 1.92 bits per heavy atom. The number of carbonyl (C=O) groups excluding carboxylic acids is 1. The van der Waals surface area contributed by atoms with Crippen LogP contribution in [0, 0.1) is 0 Å². The number of hydrogen-bond donors (Lipinski definition) is 2. The van der Waals surface area contributed by atoms with Gasteiger partial charge in [0.25, 0.3) is 0 Å². The van der Waals surface area contributed by atoms with E-state index >= 15 is 0 Å². The molecule has 0 heterocycles. The molecule has 0 amide bonds. The van der Waals surface area contributed by atoms with Crippen molar-refractivity contribution < 1.29 is 74.3 Å². The molecule has 0 radical (unpaired) electrons. The SMILES string of the molecule is C=C=O.NCC(O)CS(=O)(=O)[O-].[K+]. The zero-order chi connectivity index (χ0) is 10.2. The maximum Gasteiger partial charge on any atom is 1.00 e. The van der Waals surface area contributed by atoms with Crippen LogP contribution in [0.4, 0.5) is 0 Å². The maximum absolute atomic E-state index is 9.83. The van der Waals surface area contributed by atoms with Crippen LogP contribution in [0.2, 0.25) is 0 Å². The van der Waals surface area contributed by atoms with Gasteiger partial charge in [0, 0.05) is 6.54 Å². The van der Waals surface area contributed by atoms with Gasteiger partial charge in [0.05, 0.1) is 22.0 Å². The topological polar surface area (TPSA) is 121 Å². The number of hydrogen-bond acceptors (Lipinski definition) is 6. The fourth-order valence-electron chi connectivity index (χ4n) is 0.304. The van der Waals surface area contributed by atoms with Gasteiger partial charge in [0.1, 0.15) is 5.94 Å². The van der Waals surface area contributed by atoms with Crippen molar-refractivity contribution >= 4 is 16.1 Å². The molecule has 72 valence electrons. The van der Waals surface area contributed by atoms with Gasteiger partial charge in [0.2, 0.25) is 0 Å². The normalized spacial score (nSPS) is 11.3. The van der Waals surface area contributed by atoms with Crippen molar-refractivity contribution in [3.05, 3.63) is 6.58 Å². The molecule has 0 aliphatic heterocycles. The zero-order valence-electron chi connectivity index (χ0n) is 7.26.